The average molecular weight is 266 g/mol. The fourth-order valence-electron chi connectivity index (χ4n) is 1.98. The smallest absolute Gasteiger partial charge is 0.211 e. The van der Waals surface area contributed by atoms with Gasteiger partial charge in [0.1, 0.15) is 0 Å². The SMILES string of the molecule is Cc1ccc(Br)c(C2(N=C=O)CC2)c1C. The third-order valence-corrected chi connectivity index (χ3v) is 3.79. The zero-order valence-electron chi connectivity index (χ0n) is 8.80. The Hall–Kier alpha value is -0.920. The molecular formula is C12H12BrNO. The summed E-state index contributed by atoms with van der Waals surface area (Å²) in [5, 5.41) is 0. The summed E-state index contributed by atoms with van der Waals surface area (Å²) in [6, 6.07) is 4.10. The molecule has 0 aliphatic heterocycles. The van der Waals surface area contributed by atoms with Crippen molar-refractivity contribution in [2.75, 3.05) is 0 Å². The molecule has 0 atom stereocenters. The van der Waals surface area contributed by atoms with Crippen molar-refractivity contribution in [1.82, 2.24) is 0 Å². The van der Waals surface area contributed by atoms with Crippen LogP contribution in [0.1, 0.15) is 29.5 Å². The lowest BCUT2D eigenvalue weighted by atomic mass is 9.96. The lowest BCUT2D eigenvalue weighted by Gasteiger charge is -2.16. The summed E-state index contributed by atoms with van der Waals surface area (Å²) in [6.07, 6.45) is 3.60. The minimum Gasteiger partial charge on any atom is -0.211 e. The molecule has 0 amide bonds. The van der Waals surface area contributed by atoms with Crippen molar-refractivity contribution in [1.29, 1.82) is 0 Å². The van der Waals surface area contributed by atoms with E-state index in [1.54, 1.807) is 6.08 Å². The van der Waals surface area contributed by atoms with Crippen LogP contribution in [0.4, 0.5) is 0 Å². The number of carbonyl (C=O) groups excluding carboxylic acids is 1. The van der Waals surface area contributed by atoms with Gasteiger partial charge in [-0.05, 0) is 49.4 Å². The maximum atomic E-state index is 10.4. The number of hydrogen-bond acceptors (Lipinski definition) is 2. The van der Waals surface area contributed by atoms with Crippen molar-refractivity contribution in [2.24, 2.45) is 4.99 Å². The molecule has 1 aliphatic rings. The van der Waals surface area contributed by atoms with Gasteiger partial charge in [-0.25, -0.2) is 4.79 Å². The van der Waals surface area contributed by atoms with E-state index >= 15 is 0 Å². The summed E-state index contributed by atoms with van der Waals surface area (Å²) in [4.78, 5) is 14.4. The Kier molecular flexibility index (Phi) is 2.53. The summed E-state index contributed by atoms with van der Waals surface area (Å²) >= 11 is 3.54. The summed E-state index contributed by atoms with van der Waals surface area (Å²) in [5.41, 5.74) is 3.34. The van der Waals surface area contributed by atoms with E-state index in [0.717, 1.165) is 22.9 Å². The molecule has 2 rings (SSSR count). The van der Waals surface area contributed by atoms with Crippen molar-refractivity contribution >= 4 is 22.0 Å². The van der Waals surface area contributed by atoms with Crippen LogP contribution in [-0.2, 0) is 10.3 Å². The van der Waals surface area contributed by atoms with E-state index in [1.807, 2.05) is 6.07 Å². The van der Waals surface area contributed by atoms with Crippen LogP contribution in [-0.4, -0.2) is 6.08 Å². The topological polar surface area (TPSA) is 29.4 Å². The molecule has 0 bridgehead atoms. The predicted molar refractivity (Wildman–Crippen MR) is 62.6 cm³/mol. The maximum absolute atomic E-state index is 10.4. The first kappa shape index (κ1) is 10.6. The largest absolute Gasteiger partial charge is 0.235 e. The molecule has 15 heavy (non-hydrogen) atoms. The van der Waals surface area contributed by atoms with Gasteiger partial charge in [-0.15, -0.1) is 0 Å². The molecule has 0 saturated heterocycles. The molecule has 0 aromatic heterocycles. The number of aliphatic imine (C=N–C) groups is 1. The highest BCUT2D eigenvalue weighted by atomic mass is 79.9. The second kappa shape index (κ2) is 3.58. The summed E-state index contributed by atoms with van der Waals surface area (Å²) in [6.45, 7) is 4.15. The van der Waals surface area contributed by atoms with Crippen LogP contribution in [0.5, 0.6) is 0 Å². The molecule has 1 aromatic carbocycles. The van der Waals surface area contributed by atoms with E-state index < -0.39 is 0 Å². The van der Waals surface area contributed by atoms with E-state index in [1.165, 1.54) is 11.1 Å². The van der Waals surface area contributed by atoms with E-state index in [2.05, 4.69) is 40.8 Å². The number of isocyanates is 1. The van der Waals surface area contributed by atoms with E-state index in [0.29, 0.717) is 0 Å². The van der Waals surface area contributed by atoms with Crippen LogP contribution in [0.2, 0.25) is 0 Å². The van der Waals surface area contributed by atoms with Gasteiger partial charge in [-0.2, -0.15) is 4.99 Å². The van der Waals surface area contributed by atoms with Crippen LogP contribution in [0.25, 0.3) is 0 Å². The number of aryl methyl sites for hydroxylation is 1. The zero-order valence-corrected chi connectivity index (χ0v) is 10.4. The molecule has 0 radical (unpaired) electrons. The van der Waals surface area contributed by atoms with Crippen LogP contribution in [0.15, 0.2) is 21.6 Å². The molecular weight excluding hydrogens is 254 g/mol. The Morgan fingerprint density at radius 3 is 2.60 bits per heavy atom. The minimum absolute atomic E-state index is 0.281. The Morgan fingerprint density at radius 2 is 2.07 bits per heavy atom. The highest BCUT2D eigenvalue weighted by Gasteiger charge is 2.47. The molecule has 0 N–H and O–H groups in total. The van der Waals surface area contributed by atoms with Crippen LogP contribution < -0.4 is 0 Å². The van der Waals surface area contributed by atoms with Gasteiger partial charge in [0.25, 0.3) is 0 Å². The molecule has 0 heterocycles. The van der Waals surface area contributed by atoms with Crippen molar-refractivity contribution in [3.8, 4) is 0 Å². The number of benzene rings is 1. The van der Waals surface area contributed by atoms with Crippen molar-refractivity contribution in [3.05, 3.63) is 33.3 Å². The number of hydrogen-bond donors (Lipinski definition) is 0. The number of nitrogens with zero attached hydrogens (tertiary/aromatic N) is 1. The van der Waals surface area contributed by atoms with Gasteiger partial charge in [0, 0.05) is 4.47 Å². The average Bonchev–Trinajstić information content (AvgIpc) is 2.94. The van der Waals surface area contributed by atoms with Gasteiger partial charge in [0.15, 0.2) is 0 Å². The molecule has 0 unspecified atom stereocenters. The molecule has 1 fully saturated rings. The zero-order chi connectivity index (χ0) is 11.1. The summed E-state index contributed by atoms with van der Waals surface area (Å²) in [5.74, 6) is 0. The molecule has 0 spiro atoms. The highest BCUT2D eigenvalue weighted by Crippen LogP contribution is 2.52. The fourth-order valence-corrected chi connectivity index (χ4v) is 2.78. The Labute approximate surface area is 97.5 Å². The number of halogens is 1. The Balaban J connectivity index is 2.62. The molecule has 78 valence electrons. The first-order chi connectivity index (χ1) is 7.10. The van der Waals surface area contributed by atoms with E-state index in [4.69, 9.17) is 0 Å². The van der Waals surface area contributed by atoms with Crippen LogP contribution >= 0.6 is 15.9 Å². The third kappa shape index (κ3) is 1.66. The van der Waals surface area contributed by atoms with E-state index in [-0.39, 0.29) is 5.54 Å². The molecule has 1 aromatic rings. The van der Waals surface area contributed by atoms with Gasteiger partial charge in [-0.1, -0.05) is 22.0 Å². The molecule has 1 saturated carbocycles. The Bertz CT molecular complexity index is 457. The van der Waals surface area contributed by atoms with Crippen LogP contribution in [0.3, 0.4) is 0 Å². The van der Waals surface area contributed by atoms with Gasteiger partial charge >= 0.3 is 0 Å². The quantitative estimate of drug-likeness (QED) is 0.596. The van der Waals surface area contributed by atoms with Crippen molar-refractivity contribution < 1.29 is 4.79 Å². The third-order valence-electron chi connectivity index (χ3n) is 3.13. The number of rotatable bonds is 2. The maximum Gasteiger partial charge on any atom is 0.235 e. The van der Waals surface area contributed by atoms with Crippen molar-refractivity contribution in [3.63, 3.8) is 0 Å². The predicted octanol–water partition coefficient (Wildman–Crippen LogP) is 3.39. The van der Waals surface area contributed by atoms with Gasteiger partial charge < -0.3 is 0 Å². The molecule has 1 aliphatic carbocycles. The Morgan fingerprint density at radius 1 is 1.40 bits per heavy atom. The van der Waals surface area contributed by atoms with Crippen molar-refractivity contribution in [2.45, 2.75) is 32.2 Å². The summed E-state index contributed by atoms with van der Waals surface area (Å²) < 4.78 is 1.04. The first-order valence-electron chi connectivity index (χ1n) is 4.96. The van der Waals surface area contributed by atoms with E-state index in [9.17, 15) is 4.79 Å². The molecule has 3 heteroatoms. The second-order valence-corrected chi connectivity index (χ2v) is 4.95. The molecule has 2 nitrogen and oxygen atoms in total. The van der Waals surface area contributed by atoms with Crippen LogP contribution in [0, 0.1) is 13.8 Å². The minimum atomic E-state index is -0.281. The lowest BCUT2D eigenvalue weighted by molar-refractivity contribution is 0.556. The highest BCUT2D eigenvalue weighted by molar-refractivity contribution is 9.10. The standard InChI is InChI=1S/C12H12BrNO/c1-8-3-4-10(13)11(9(8)2)12(5-6-12)14-7-15/h3-4H,5-6H2,1-2H3. The first-order valence-corrected chi connectivity index (χ1v) is 5.75. The van der Waals surface area contributed by atoms with Gasteiger partial charge in [0.05, 0.1) is 5.54 Å². The van der Waals surface area contributed by atoms with Gasteiger partial charge in [-0.3, -0.25) is 0 Å². The fraction of sp³-hybridized carbons (Fsp3) is 0.417. The monoisotopic (exact) mass is 265 g/mol. The second-order valence-electron chi connectivity index (χ2n) is 4.10. The summed E-state index contributed by atoms with van der Waals surface area (Å²) in [7, 11) is 0. The lowest BCUT2D eigenvalue weighted by Crippen LogP contribution is -2.07. The van der Waals surface area contributed by atoms with Gasteiger partial charge in [0.2, 0.25) is 6.08 Å². The normalized spacial score (nSPS) is 17.0.